The third-order valence-electron chi connectivity index (χ3n) is 2.99. The molecule has 21 heavy (non-hydrogen) atoms. The Morgan fingerprint density at radius 1 is 1.29 bits per heavy atom. The van der Waals surface area contributed by atoms with Crippen molar-refractivity contribution in [3.8, 4) is 5.75 Å². The smallest absolute Gasteiger partial charge is 0.335 e. The summed E-state index contributed by atoms with van der Waals surface area (Å²) in [5.41, 5.74) is 0.566. The monoisotopic (exact) mass is 298 g/mol. The van der Waals surface area contributed by atoms with E-state index in [2.05, 4.69) is 13.8 Å². The van der Waals surface area contributed by atoms with Crippen LogP contribution in [-0.4, -0.2) is 25.8 Å². The number of rotatable bonds is 8. The van der Waals surface area contributed by atoms with Crippen LogP contribution in [0.3, 0.4) is 0 Å². The van der Waals surface area contributed by atoms with Crippen LogP contribution in [0.4, 0.5) is 4.39 Å². The molecular weight excluding hydrogens is 275 g/mol. The lowest BCUT2D eigenvalue weighted by atomic mass is 10.1. The zero-order valence-electron chi connectivity index (χ0n) is 13.0. The maximum absolute atomic E-state index is 13.5. The fourth-order valence-corrected chi connectivity index (χ4v) is 1.62. The Balaban J connectivity index is 2.40. The van der Waals surface area contributed by atoms with Gasteiger partial charge in [0.1, 0.15) is 6.61 Å². The second kappa shape index (κ2) is 8.62. The topological polar surface area (TPSA) is 44.8 Å². The molecule has 0 aliphatic heterocycles. The molecule has 118 valence electrons. The van der Waals surface area contributed by atoms with Gasteiger partial charge in [-0.2, -0.15) is 0 Å². The molecule has 0 radical (unpaired) electrons. The molecule has 0 aromatic heterocycles. The van der Waals surface area contributed by atoms with Crippen LogP contribution in [-0.2, 0) is 20.9 Å². The highest BCUT2D eigenvalue weighted by Gasteiger charge is 2.15. The van der Waals surface area contributed by atoms with Crippen molar-refractivity contribution in [1.82, 2.24) is 0 Å². The first kappa shape index (κ1) is 17.4. The molecule has 4 nitrogen and oxygen atoms in total. The summed E-state index contributed by atoms with van der Waals surface area (Å²) in [6, 6.07) is 4.44. The van der Waals surface area contributed by atoms with Crippen LogP contribution in [0.1, 0.15) is 32.8 Å². The number of ether oxygens (including phenoxy) is 3. The summed E-state index contributed by atoms with van der Waals surface area (Å²) >= 11 is 0. The number of esters is 1. The van der Waals surface area contributed by atoms with E-state index in [1.165, 1.54) is 19.2 Å². The molecule has 1 unspecified atom stereocenters. The predicted octanol–water partition coefficient (Wildman–Crippen LogP) is 3.33. The zero-order chi connectivity index (χ0) is 15.8. The van der Waals surface area contributed by atoms with Crippen molar-refractivity contribution in [2.75, 3.05) is 13.7 Å². The summed E-state index contributed by atoms with van der Waals surface area (Å²) in [5, 5.41) is 0. The molecule has 0 spiro atoms. The third kappa shape index (κ3) is 6.12. The lowest BCUT2D eigenvalue weighted by Gasteiger charge is -2.13. The average Bonchev–Trinajstić information content (AvgIpc) is 2.44. The van der Waals surface area contributed by atoms with Gasteiger partial charge in [-0.05, 0) is 37.0 Å². The standard InChI is InChI=1S/C16H23FO4/c1-11(2)7-8-20-12(3)16(18)21-10-13-5-6-15(19-4)14(17)9-13/h5-6,9,11-12H,7-8,10H2,1-4H3. The first-order valence-corrected chi connectivity index (χ1v) is 7.04. The SMILES string of the molecule is COc1ccc(COC(=O)C(C)OCCC(C)C)cc1F. The average molecular weight is 298 g/mol. The first-order valence-electron chi connectivity index (χ1n) is 7.04. The van der Waals surface area contributed by atoms with Crippen molar-refractivity contribution in [2.24, 2.45) is 5.92 Å². The number of halogens is 1. The molecule has 5 heteroatoms. The van der Waals surface area contributed by atoms with Crippen LogP contribution >= 0.6 is 0 Å². The van der Waals surface area contributed by atoms with Crippen LogP contribution < -0.4 is 4.74 Å². The molecule has 0 amide bonds. The molecule has 0 heterocycles. The molecule has 0 saturated carbocycles. The van der Waals surface area contributed by atoms with E-state index in [1.54, 1.807) is 13.0 Å². The molecule has 1 rings (SSSR count). The van der Waals surface area contributed by atoms with Crippen LogP contribution in [0.15, 0.2) is 18.2 Å². The van der Waals surface area contributed by atoms with Gasteiger partial charge >= 0.3 is 5.97 Å². The van der Waals surface area contributed by atoms with E-state index >= 15 is 0 Å². The van der Waals surface area contributed by atoms with Gasteiger partial charge in [0.25, 0.3) is 0 Å². The summed E-state index contributed by atoms with van der Waals surface area (Å²) < 4.78 is 28.8. The maximum atomic E-state index is 13.5. The van der Waals surface area contributed by atoms with Crippen molar-refractivity contribution in [3.05, 3.63) is 29.6 Å². The van der Waals surface area contributed by atoms with E-state index in [4.69, 9.17) is 14.2 Å². The lowest BCUT2D eigenvalue weighted by molar-refractivity contribution is -0.157. The fraction of sp³-hybridized carbons (Fsp3) is 0.562. The van der Waals surface area contributed by atoms with Gasteiger partial charge in [-0.15, -0.1) is 0 Å². The summed E-state index contributed by atoms with van der Waals surface area (Å²) in [7, 11) is 1.40. The molecule has 1 aromatic rings. The van der Waals surface area contributed by atoms with Crippen LogP contribution in [0.25, 0.3) is 0 Å². The van der Waals surface area contributed by atoms with Gasteiger partial charge in [0.2, 0.25) is 0 Å². The number of carbonyl (C=O) groups is 1. The predicted molar refractivity (Wildman–Crippen MR) is 77.6 cm³/mol. The zero-order valence-corrected chi connectivity index (χ0v) is 13.0. The summed E-state index contributed by atoms with van der Waals surface area (Å²) in [6.07, 6.45) is 0.272. The van der Waals surface area contributed by atoms with E-state index in [0.717, 1.165) is 6.42 Å². The molecule has 0 N–H and O–H groups in total. The molecule has 0 aliphatic carbocycles. The van der Waals surface area contributed by atoms with Crippen molar-refractivity contribution in [1.29, 1.82) is 0 Å². The number of hydrogen-bond acceptors (Lipinski definition) is 4. The number of methoxy groups -OCH3 is 1. The Morgan fingerprint density at radius 3 is 2.57 bits per heavy atom. The summed E-state index contributed by atoms with van der Waals surface area (Å²) in [6.45, 7) is 6.36. The van der Waals surface area contributed by atoms with Crippen LogP contribution in [0, 0.1) is 11.7 Å². The first-order chi connectivity index (χ1) is 9.93. The van der Waals surface area contributed by atoms with E-state index in [9.17, 15) is 9.18 Å². The number of carbonyl (C=O) groups excluding carboxylic acids is 1. The van der Waals surface area contributed by atoms with Gasteiger partial charge < -0.3 is 14.2 Å². The molecule has 0 fully saturated rings. The quantitative estimate of drug-likeness (QED) is 0.691. The van der Waals surface area contributed by atoms with Gasteiger partial charge in [0.15, 0.2) is 17.7 Å². The van der Waals surface area contributed by atoms with Crippen LogP contribution in [0.2, 0.25) is 0 Å². The highest BCUT2D eigenvalue weighted by Crippen LogP contribution is 2.18. The van der Waals surface area contributed by atoms with E-state index in [0.29, 0.717) is 18.1 Å². The minimum Gasteiger partial charge on any atom is -0.494 e. The fourth-order valence-electron chi connectivity index (χ4n) is 1.62. The minimum absolute atomic E-state index is 0.0115. The minimum atomic E-state index is -0.619. The Hall–Kier alpha value is -1.62. The van der Waals surface area contributed by atoms with E-state index < -0.39 is 17.9 Å². The Kier molecular flexibility index (Phi) is 7.15. The summed E-state index contributed by atoms with van der Waals surface area (Å²) in [4.78, 5) is 11.7. The van der Waals surface area contributed by atoms with Gasteiger partial charge in [-0.1, -0.05) is 19.9 Å². The van der Waals surface area contributed by atoms with E-state index in [-0.39, 0.29) is 12.4 Å². The molecule has 0 bridgehead atoms. The molecular formula is C16H23FO4. The third-order valence-corrected chi connectivity index (χ3v) is 2.99. The Bertz CT molecular complexity index is 460. The molecule has 1 aromatic carbocycles. The normalized spacial score (nSPS) is 12.3. The highest BCUT2D eigenvalue weighted by molar-refractivity contribution is 5.74. The van der Waals surface area contributed by atoms with Gasteiger partial charge in [0, 0.05) is 6.61 Å². The highest BCUT2D eigenvalue weighted by atomic mass is 19.1. The molecule has 1 atom stereocenters. The second-order valence-corrected chi connectivity index (χ2v) is 5.27. The van der Waals surface area contributed by atoms with Gasteiger partial charge in [-0.25, -0.2) is 9.18 Å². The van der Waals surface area contributed by atoms with E-state index in [1.807, 2.05) is 0 Å². The largest absolute Gasteiger partial charge is 0.494 e. The summed E-state index contributed by atoms with van der Waals surface area (Å²) in [5.74, 6) is -0.242. The number of hydrogen-bond donors (Lipinski definition) is 0. The Labute approximate surface area is 125 Å². The Morgan fingerprint density at radius 2 is 2.00 bits per heavy atom. The maximum Gasteiger partial charge on any atom is 0.335 e. The van der Waals surface area contributed by atoms with Crippen molar-refractivity contribution in [2.45, 2.75) is 39.9 Å². The lowest BCUT2D eigenvalue weighted by Crippen LogP contribution is -2.24. The number of benzene rings is 1. The second-order valence-electron chi connectivity index (χ2n) is 5.27. The molecule has 0 aliphatic rings. The van der Waals surface area contributed by atoms with Crippen LogP contribution in [0.5, 0.6) is 5.75 Å². The van der Waals surface area contributed by atoms with Crippen molar-refractivity contribution < 1.29 is 23.4 Å². The van der Waals surface area contributed by atoms with Crippen molar-refractivity contribution in [3.63, 3.8) is 0 Å². The van der Waals surface area contributed by atoms with Gasteiger partial charge in [-0.3, -0.25) is 0 Å². The van der Waals surface area contributed by atoms with Crippen molar-refractivity contribution >= 4 is 5.97 Å². The molecule has 0 saturated heterocycles. The van der Waals surface area contributed by atoms with Gasteiger partial charge in [0.05, 0.1) is 7.11 Å².